The van der Waals surface area contributed by atoms with Gasteiger partial charge in [-0.15, -0.1) is 0 Å². The summed E-state index contributed by atoms with van der Waals surface area (Å²) in [7, 11) is 0. The van der Waals surface area contributed by atoms with Gasteiger partial charge in [-0.05, 0) is 29.3 Å². The van der Waals surface area contributed by atoms with Gasteiger partial charge in [-0.25, -0.2) is 0 Å². The first-order chi connectivity index (χ1) is 10.2. The number of aromatic amines is 1. The van der Waals surface area contributed by atoms with E-state index in [-0.39, 0.29) is 5.91 Å². The van der Waals surface area contributed by atoms with Crippen molar-refractivity contribution in [3.05, 3.63) is 53.7 Å². The number of aryl methyl sites for hydroxylation is 1. The summed E-state index contributed by atoms with van der Waals surface area (Å²) in [5, 5.41) is 11.6. The molecule has 5 heteroatoms. The third kappa shape index (κ3) is 2.45. The van der Waals surface area contributed by atoms with E-state index in [0.29, 0.717) is 17.1 Å². The van der Waals surface area contributed by atoms with Crippen LogP contribution in [-0.2, 0) is 6.42 Å². The van der Waals surface area contributed by atoms with Crippen LogP contribution in [0.2, 0.25) is 0 Å². The van der Waals surface area contributed by atoms with E-state index >= 15 is 0 Å². The number of hydrogen-bond acceptors (Lipinski definition) is 3. The predicted molar refractivity (Wildman–Crippen MR) is 84.3 cm³/mol. The molecule has 106 valence electrons. The molecule has 0 fully saturated rings. The van der Waals surface area contributed by atoms with Crippen molar-refractivity contribution in [2.24, 2.45) is 0 Å². The summed E-state index contributed by atoms with van der Waals surface area (Å²) >= 11 is 0. The second kappa shape index (κ2) is 5.28. The van der Waals surface area contributed by atoms with Gasteiger partial charge in [0.25, 0.3) is 5.91 Å². The van der Waals surface area contributed by atoms with Crippen molar-refractivity contribution >= 4 is 28.2 Å². The summed E-state index contributed by atoms with van der Waals surface area (Å²) in [4.78, 5) is 12.4. The first-order valence-corrected chi connectivity index (χ1v) is 6.81. The van der Waals surface area contributed by atoms with Gasteiger partial charge in [0, 0.05) is 11.3 Å². The van der Waals surface area contributed by atoms with E-state index in [4.69, 9.17) is 5.73 Å². The number of amides is 1. The largest absolute Gasteiger partial charge is 0.398 e. The lowest BCUT2D eigenvalue weighted by Gasteiger charge is -2.09. The summed E-state index contributed by atoms with van der Waals surface area (Å²) in [6.45, 7) is 2.00. The SMILES string of the molecule is CCc1cn[nH]c1NC(=O)c1cc2ccccc2cc1N. The Morgan fingerprint density at radius 1 is 1.29 bits per heavy atom. The van der Waals surface area contributed by atoms with Gasteiger partial charge in [-0.1, -0.05) is 31.2 Å². The summed E-state index contributed by atoms with van der Waals surface area (Å²) in [6, 6.07) is 11.4. The monoisotopic (exact) mass is 280 g/mol. The fraction of sp³-hybridized carbons (Fsp3) is 0.125. The van der Waals surface area contributed by atoms with Crippen LogP contribution in [0.4, 0.5) is 11.5 Å². The Labute approximate surface area is 122 Å². The maximum Gasteiger partial charge on any atom is 0.258 e. The lowest BCUT2D eigenvalue weighted by Crippen LogP contribution is -2.15. The standard InChI is InChI=1S/C16H16N4O/c1-2-10-9-18-20-15(10)19-16(21)13-7-11-5-3-4-6-12(11)8-14(13)17/h3-9H,2,17H2,1H3,(H2,18,19,20,21). The van der Waals surface area contributed by atoms with Crippen LogP contribution >= 0.6 is 0 Å². The topological polar surface area (TPSA) is 83.8 Å². The number of aromatic nitrogens is 2. The van der Waals surface area contributed by atoms with Gasteiger partial charge >= 0.3 is 0 Å². The zero-order valence-corrected chi connectivity index (χ0v) is 11.7. The van der Waals surface area contributed by atoms with E-state index in [2.05, 4.69) is 15.5 Å². The molecule has 0 saturated carbocycles. The Hall–Kier alpha value is -2.82. The Balaban J connectivity index is 1.96. The van der Waals surface area contributed by atoms with Crippen LogP contribution in [0.3, 0.4) is 0 Å². The molecule has 0 atom stereocenters. The normalized spacial score (nSPS) is 10.7. The van der Waals surface area contributed by atoms with Crippen LogP contribution in [0.15, 0.2) is 42.6 Å². The number of nitrogens with two attached hydrogens (primary N) is 1. The van der Waals surface area contributed by atoms with E-state index in [1.165, 1.54) is 0 Å². The highest BCUT2D eigenvalue weighted by Crippen LogP contribution is 2.23. The molecule has 21 heavy (non-hydrogen) atoms. The highest BCUT2D eigenvalue weighted by Gasteiger charge is 2.13. The fourth-order valence-electron chi connectivity index (χ4n) is 2.32. The lowest BCUT2D eigenvalue weighted by atomic mass is 10.0. The molecule has 5 nitrogen and oxygen atoms in total. The third-order valence-electron chi connectivity index (χ3n) is 3.50. The third-order valence-corrected chi connectivity index (χ3v) is 3.50. The second-order valence-corrected chi connectivity index (χ2v) is 4.86. The molecule has 0 spiro atoms. The quantitative estimate of drug-likeness (QED) is 0.645. The number of nitrogens with one attached hydrogen (secondary N) is 2. The first kappa shape index (κ1) is 13.2. The second-order valence-electron chi connectivity index (χ2n) is 4.86. The van der Waals surface area contributed by atoms with Crippen molar-refractivity contribution in [2.75, 3.05) is 11.1 Å². The van der Waals surface area contributed by atoms with Gasteiger partial charge in [0.15, 0.2) is 0 Å². The Morgan fingerprint density at radius 2 is 2.00 bits per heavy atom. The Morgan fingerprint density at radius 3 is 2.71 bits per heavy atom. The van der Waals surface area contributed by atoms with Crippen LogP contribution in [0, 0.1) is 0 Å². The van der Waals surface area contributed by atoms with Crippen molar-refractivity contribution < 1.29 is 4.79 Å². The Kier molecular flexibility index (Phi) is 3.31. The number of fused-ring (bicyclic) bond motifs is 1. The molecule has 1 heterocycles. The molecule has 4 N–H and O–H groups in total. The van der Waals surface area contributed by atoms with Crippen LogP contribution in [0.5, 0.6) is 0 Å². The molecule has 0 saturated heterocycles. The molecule has 2 aromatic carbocycles. The highest BCUT2D eigenvalue weighted by molar-refractivity contribution is 6.10. The maximum atomic E-state index is 12.4. The molecule has 3 rings (SSSR count). The molecule has 0 radical (unpaired) electrons. The predicted octanol–water partition coefficient (Wildman–Crippen LogP) is 2.96. The molecule has 0 unspecified atom stereocenters. The van der Waals surface area contributed by atoms with E-state index in [1.807, 2.05) is 43.3 Å². The van der Waals surface area contributed by atoms with Crippen molar-refractivity contribution in [1.82, 2.24) is 10.2 Å². The van der Waals surface area contributed by atoms with Gasteiger partial charge in [-0.2, -0.15) is 5.10 Å². The van der Waals surface area contributed by atoms with Gasteiger partial charge in [0.1, 0.15) is 5.82 Å². The Bertz CT molecular complexity index is 807. The van der Waals surface area contributed by atoms with Crippen LogP contribution in [-0.4, -0.2) is 16.1 Å². The van der Waals surface area contributed by atoms with Crippen LogP contribution in [0.1, 0.15) is 22.8 Å². The van der Waals surface area contributed by atoms with E-state index in [1.54, 1.807) is 6.20 Å². The molecule has 0 aliphatic heterocycles. The number of H-pyrrole nitrogens is 1. The van der Waals surface area contributed by atoms with Gasteiger partial charge in [-0.3, -0.25) is 9.89 Å². The number of anilines is 2. The average molecular weight is 280 g/mol. The number of nitrogen functional groups attached to an aromatic ring is 1. The van der Waals surface area contributed by atoms with Crippen molar-refractivity contribution in [2.45, 2.75) is 13.3 Å². The van der Waals surface area contributed by atoms with Crippen LogP contribution in [0.25, 0.3) is 10.8 Å². The van der Waals surface area contributed by atoms with Crippen LogP contribution < -0.4 is 11.1 Å². The number of carbonyl (C=O) groups is 1. The zero-order chi connectivity index (χ0) is 14.8. The average Bonchev–Trinajstić information content (AvgIpc) is 2.93. The number of carbonyl (C=O) groups excluding carboxylic acids is 1. The molecule has 1 amide bonds. The molecular weight excluding hydrogens is 264 g/mol. The van der Waals surface area contributed by atoms with Crippen molar-refractivity contribution in [3.63, 3.8) is 0 Å². The fourth-order valence-corrected chi connectivity index (χ4v) is 2.32. The van der Waals surface area contributed by atoms with Crippen molar-refractivity contribution in [3.8, 4) is 0 Å². The van der Waals surface area contributed by atoms with Gasteiger partial charge in [0.05, 0.1) is 11.8 Å². The highest BCUT2D eigenvalue weighted by atomic mass is 16.1. The molecule has 0 aliphatic carbocycles. The molecule has 1 aromatic heterocycles. The minimum Gasteiger partial charge on any atom is -0.398 e. The summed E-state index contributed by atoms with van der Waals surface area (Å²) < 4.78 is 0. The van der Waals surface area contributed by atoms with E-state index in [9.17, 15) is 4.79 Å². The molecular formula is C16H16N4O. The zero-order valence-electron chi connectivity index (χ0n) is 11.7. The number of benzene rings is 2. The molecule has 3 aromatic rings. The van der Waals surface area contributed by atoms with Crippen molar-refractivity contribution in [1.29, 1.82) is 0 Å². The van der Waals surface area contributed by atoms with Gasteiger partial charge in [0.2, 0.25) is 0 Å². The minimum absolute atomic E-state index is 0.239. The minimum atomic E-state index is -0.239. The molecule has 0 aliphatic rings. The summed E-state index contributed by atoms with van der Waals surface area (Å²) in [6.07, 6.45) is 2.50. The lowest BCUT2D eigenvalue weighted by molar-refractivity contribution is 0.102. The molecule has 0 bridgehead atoms. The number of hydrogen-bond donors (Lipinski definition) is 3. The van der Waals surface area contributed by atoms with Gasteiger partial charge < -0.3 is 11.1 Å². The maximum absolute atomic E-state index is 12.4. The van der Waals surface area contributed by atoms with E-state index < -0.39 is 0 Å². The smallest absolute Gasteiger partial charge is 0.258 e. The van der Waals surface area contributed by atoms with E-state index in [0.717, 1.165) is 22.8 Å². The number of rotatable bonds is 3. The number of nitrogens with zero attached hydrogens (tertiary/aromatic N) is 1. The first-order valence-electron chi connectivity index (χ1n) is 6.81. The summed E-state index contributed by atoms with van der Waals surface area (Å²) in [5.41, 5.74) is 7.89. The summed E-state index contributed by atoms with van der Waals surface area (Å²) in [5.74, 6) is 0.382.